The molecular weight excluding hydrogens is 409 g/mol. The molecule has 1 atom stereocenters. The molecule has 0 spiro atoms. The Morgan fingerprint density at radius 2 is 2.00 bits per heavy atom. The molecule has 9 heteroatoms. The lowest BCUT2D eigenvalue weighted by Crippen LogP contribution is -2.40. The molecule has 1 fully saturated rings. The predicted octanol–water partition coefficient (Wildman–Crippen LogP) is 3.43. The second-order valence-electron chi connectivity index (χ2n) is 7.72. The van der Waals surface area contributed by atoms with Gasteiger partial charge in [0.15, 0.2) is 11.6 Å². The molecule has 1 aromatic carbocycles. The van der Waals surface area contributed by atoms with Crippen LogP contribution in [-0.4, -0.2) is 15.9 Å². The second kappa shape index (κ2) is 7.23. The Morgan fingerprint density at radius 1 is 1.29 bits per heavy atom. The zero-order valence-corrected chi connectivity index (χ0v) is 16.6. The van der Waals surface area contributed by atoms with Crippen LogP contribution in [0.3, 0.4) is 0 Å². The molecule has 2 N–H and O–H groups in total. The molecule has 6 nitrogen and oxygen atoms in total. The molecule has 158 valence electrons. The number of carbonyl (C=O) groups is 1. The number of amides is 1. The number of nitriles is 1. The van der Waals surface area contributed by atoms with Gasteiger partial charge in [-0.05, 0) is 50.5 Å². The highest BCUT2D eigenvalue weighted by Crippen LogP contribution is 2.49. The van der Waals surface area contributed by atoms with Crippen molar-refractivity contribution in [3.63, 3.8) is 0 Å². The number of hydrogen-bond acceptors (Lipinski definition) is 4. The molecule has 1 aliphatic rings. The summed E-state index contributed by atoms with van der Waals surface area (Å²) in [5.41, 5.74) is -1.38. The third kappa shape index (κ3) is 3.24. The van der Waals surface area contributed by atoms with Gasteiger partial charge in [0.25, 0.3) is 5.56 Å². The van der Waals surface area contributed by atoms with Crippen molar-refractivity contribution in [1.29, 1.82) is 5.26 Å². The normalized spacial score (nSPS) is 15.4. The third-order valence-corrected chi connectivity index (χ3v) is 5.74. The van der Waals surface area contributed by atoms with Crippen LogP contribution in [0.15, 0.2) is 29.2 Å². The number of aromatic amines is 1. The average molecular weight is 426 g/mol. The predicted molar refractivity (Wildman–Crippen MR) is 106 cm³/mol. The zero-order chi connectivity index (χ0) is 22.5. The smallest absolute Gasteiger partial charge is 0.252 e. The first-order valence-electron chi connectivity index (χ1n) is 9.57. The first-order chi connectivity index (χ1) is 14.7. The van der Waals surface area contributed by atoms with Crippen molar-refractivity contribution in [2.45, 2.75) is 38.1 Å². The number of nitrogens with zero attached hydrogens (tertiary/aromatic N) is 2. The molecule has 0 bridgehead atoms. The van der Waals surface area contributed by atoms with Crippen molar-refractivity contribution in [2.75, 3.05) is 0 Å². The van der Waals surface area contributed by atoms with E-state index in [1.54, 1.807) is 6.07 Å². The Balaban J connectivity index is 1.72. The largest absolute Gasteiger partial charge is 0.347 e. The van der Waals surface area contributed by atoms with Crippen molar-refractivity contribution >= 4 is 16.8 Å². The van der Waals surface area contributed by atoms with Crippen LogP contribution in [-0.2, 0) is 10.2 Å². The lowest BCUT2D eigenvalue weighted by Gasteiger charge is -2.21. The van der Waals surface area contributed by atoms with E-state index in [0.29, 0.717) is 12.8 Å². The van der Waals surface area contributed by atoms with E-state index in [9.17, 15) is 22.8 Å². The van der Waals surface area contributed by atoms with E-state index in [0.717, 1.165) is 12.1 Å². The van der Waals surface area contributed by atoms with E-state index in [1.807, 2.05) is 0 Å². The standard InChI is InChI=1S/C22H17F3N4O2/c1-10-16-15(4-3-13(23)18(16)25)29-20(30)17(10)22(5-6-22)21(31)28-11(2)19-14(24)7-12(8-26)9-27-19/h3-4,7,9,11H,5-6H2,1-2H3,(H,28,31)(H,29,30)/t11-/m0/s1. The number of fused-ring (bicyclic) bond motifs is 1. The van der Waals surface area contributed by atoms with Gasteiger partial charge < -0.3 is 10.3 Å². The minimum absolute atomic E-state index is 0.0472. The monoisotopic (exact) mass is 426 g/mol. The summed E-state index contributed by atoms with van der Waals surface area (Å²) in [6, 6.07) is 4.16. The summed E-state index contributed by atoms with van der Waals surface area (Å²) in [5, 5.41) is 11.4. The van der Waals surface area contributed by atoms with Crippen LogP contribution in [0, 0.1) is 35.7 Å². The number of pyridine rings is 2. The molecular formula is C22H17F3N4O2. The fourth-order valence-electron chi connectivity index (χ4n) is 4.02. The SMILES string of the molecule is Cc1c(C2(C(=O)N[C@@H](C)c3ncc(C#N)cc3F)CC2)c(=O)[nH]c2ccc(F)c(F)c12. The van der Waals surface area contributed by atoms with Crippen LogP contribution in [0.4, 0.5) is 13.2 Å². The summed E-state index contributed by atoms with van der Waals surface area (Å²) in [4.78, 5) is 32.3. The van der Waals surface area contributed by atoms with Crippen LogP contribution < -0.4 is 10.9 Å². The van der Waals surface area contributed by atoms with Gasteiger partial charge in [-0.15, -0.1) is 0 Å². The van der Waals surface area contributed by atoms with E-state index in [4.69, 9.17) is 5.26 Å². The molecule has 0 radical (unpaired) electrons. The minimum atomic E-state index is -1.22. The Hall–Kier alpha value is -3.67. The van der Waals surface area contributed by atoms with Crippen LogP contribution in [0.25, 0.3) is 10.9 Å². The maximum absolute atomic E-state index is 14.4. The first kappa shape index (κ1) is 20.6. The van der Waals surface area contributed by atoms with Crippen molar-refractivity contribution in [1.82, 2.24) is 15.3 Å². The van der Waals surface area contributed by atoms with Gasteiger partial charge in [-0.3, -0.25) is 14.6 Å². The third-order valence-electron chi connectivity index (χ3n) is 5.74. The maximum atomic E-state index is 14.4. The molecule has 0 aliphatic heterocycles. The summed E-state index contributed by atoms with van der Waals surface area (Å²) < 4.78 is 42.5. The second-order valence-corrected chi connectivity index (χ2v) is 7.72. The molecule has 2 heterocycles. The Morgan fingerprint density at radius 3 is 2.61 bits per heavy atom. The van der Waals surface area contributed by atoms with E-state index in [1.165, 1.54) is 26.1 Å². The number of rotatable bonds is 4. The van der Waals surface area contributed by atoms with Crippen LogP contribution in [0.2, 0.25) is 0 Å². The molecule has 2 aromatic heterocycles. The van der Waals surface area contributed by atoms with Crippen LogP contribution in [0.5, 0.6) is 0 Å². The molecule has 1 aliphatic carbocycles. The van der Waals surface area contributed by atoms with Crippen molar-refractivity contribution in [3.8, 4) is 6.07 Å². The zero-order valence-electron chi connectivity index (χ0n) is 16.6. The maximum Gasteiger partial charge on any atom is 0.252 e. The van der Waals surface area contributed by atoms with Gasteiger partial charge in [0.2, 0.25) is 5.91 Å². The van der Waals surface area contributed by atoms with Crippen LogP contribution in [0.1, 0.15) is 48.2 Å². The van der Waals surface area contributed by atoms with Crippen LogP contribution >= 0.6 is 0 Å². The summed E-state index contributed by atoms with van der Waals surface area (Å²) in [7, 11) is 0. The number of nitrogens with one attached hydrogen (secondary N) is 2. The Labute approximate surface area is 174 Å². The molecule has 1 saturated carbocycles. The summed E-state index contributed by atoms with van der Waals surface area (Å²) >= 11 is 0. The van der Waals surface area contributed by atoms with Crippen molar-refractivity contribution in [3.05, 3.63) is 74.6 Å². The lowest BCUT2D eigenvalue weighted by molar-refractivity contribution is -0.124. The minimum Gasteiger partial charge on any atom is -0.347 e. The molecule has 4 rings (SSSR count). The quantitative estimate of drug-likeness (QED) is 0.668. The summed E-state index contributed by atoms with van der Waals surface area (Å²) in [6.07, 6.45) is 1.87. The summed E-state index contributed by atoms with van der Waals surface area (Å²) in [6.45, 7) is 3.01. The number of carbonyl (C=O) groups excluding carboxylic acids is 1. The molecule has 0 unspecified atom stereocenters. The van der Waals surface area contributed by atoms with E-state index in [2.05, 4.69) is 15.3 Å². The Bertz CT molecular complexity index is 1340. The number of aryl methyl sites for hydroxylation is 1. The van der Waals surface area contributed by atoms with Gasteiger partial charge in [0.1, 0.15) is 11.9 Å². The highest BCUT2D eigenvalue weighted by molar-refractivity contribution is 5.94. The fraction of sp³-hybridized carbons (Fsp3) is 0.273. The van der Waals surface area contributed by atoms with Crippen molar-refractivity contribution in [2.24, 2.45) is 0 Å². The van der Waals surface area contributed by atoms with E-state index in [-0.39, 0.29) is 33.3 Å². The van der Waals surface area contributed by atoms with Crippen molar-refractivity contribution < 1.29 is 18.0 Å². The molecule has 31 heavy (non-hydrogen) atoms. The van der Waals surface area contributed by atoms with Gasteiger partial charge in [-0.1, -0.05) is 0 Å². The highest BCUT2D eigenvalue weighted by Gasteiger charge is 2.54. The topological polar surface area (TPSA) is 98.6 Å². The molecule has 3 aromatic rings. The molecule has 1 amide bonds. The van der Waals surface area contributed by atoms with E-state index >= 15 is 0 Å². The number of halogens is 3. The highest BCUT2D eigenvalue weighted by atomic mass is 19.2. The fourth-order valence-corrected chi connectivity index (χ4v) is 4.02. The van der Waals surface area contributed by atoms with Gasteiger partial charge in [0, 0.05) is 17.1 Å². The number of aromatic nitrogens is 2. The van der Waals surface area contributed by atoms with E-state index < -0.39 is 40.4 Å². The molecule has 0 saturated heterocycles. The van der Waals surface area contributed by atoms with Gasteiger partial charge in [-0.25, -0.2) is 13.2 Å². The lowest BCUT2D eigenvalue weighted by atomic mass is 9.89. The average Bonchev–Trinajstić information content (AvgIpc) is 3.52. The summed E-state index contributed by atoms with van der Waals surface area (Å²) in [5.74, 6) is -3.43. The van der Waals surface area contributed by atoms with Gasteiger partial charge in [-0.2, -0.15) is 5.26 Å². The Kier molecular flexibility index (Phi) is 4.81. The van der Waals surface area contributed by atoms with Gasteiger partial charge in [0.05, 0.1) is 28.2 Å². The first-order valence-corrected chi connectivity index (χ1v) is 9.57. The number of benzene rings is 1. The van der Waals surface area contributed by atoms with Gasteiger partial charge >= 0.3 is 0 Å². The number of hydrogen-bond donors (Lipinski definition) is 2. The number of H-pyrrole nitrogens is 1.